The first-order valence-corrected chi connectivity index (χ1v) is 8.50. The van der Waals surface area contributed by atoms with Crippen LogP contribution in [0.1, 0.15) is 30.9 Å². The smallest absolute Gasteiger partial charge is 0.292 e. The highest BCUT2D eigenvalue weighted by molar-refractivity contribution is 5.95. The van der Waals surface area contributed by atoms with Crippen LogP contribution in [0.5, 0.6) is 0 Å². The normalized spacial score (nSPS) is 15.5. The quantitative estimate of drug-likeness (QED) is 0.545. The maximum atomic E-state index is 11.6. The third-order valence-corrected chi connectivity index (χ3v) is 4.64. The maximum Gasteiger partial charge on any atom is 0.292 e. The summed E-state index contributed by atoms with van der Waals surface area (Å²) >= 11 is 0. The van der Waals surface area contributed by atoms with Crippen LogP contribution in [0, 0.1) is 10.1 Å². The molecule has 2 aromatic carbocycles. The molecule has 2 aromatic rings. The Morgan fingerprint density at radius 1 is 1.27 bits per heavy atom. The molecule has 1 unspecified atom stereocenters. The van der Waals surface area contributed by atoms with E-state index in [2.05, 4.69) is 10.6 Å². The van der Waals surface area contributed by atoms with E-state index >= 15 is 0 Å². The number of nitro groups is 1. The Labute approximate surface area is 151 Å². The largest absolute Gasteiger partial charge is 0.385 e. The van der Waals surface area contributed by atoms with E-state index in [0.717, 1.165) is 11.1 Å². The Balaban J connectivity index is 1.76. The number of aryl methyl sites for hydroxylation is 1. The minimum atomic E-state index is -1.05. The fourth-order valence-electron chi connectivity index (χ4n) is 3.09. The number of nitro benzene ring substituents is 1. The van der Waals surface area contributed by atoms with E-state index in [1.54, 1.807) is 13.0 Å². The van der Waals surface area contributed by atoms with Crippen molar-refractivity contribution < 1.29 is 14.8 Å². The number of hydrogen-bond acceptors (Lipinski definition) is 5. The monoisotopic (exact) mass is 355 g/mol. The number of carbonyl (C=O) groups is 1. The maximum absolute atomic E-state index is 11.6. The highest BCUT2D eigenvalue weighted by atomic mass is 16.6. The standard InChI is InChI=1S/C19H21N3O4/c1-19(24,14-5-3-2-4-6-14)9-10-20-16-12-15-13(7-8-18(23)21-15)11-17(16)22(25)26/h2-6,11-12,20,24H,7-10H2,1H3,(H,21,23). The topological polar surface area (TPSA) is 104 Å². The summed E-state index contributed by atoms with van der Waals surface area (Å²) < 4.78 is 0. The second-order valence-corrected chi connectivity index (χ2v) is 6.65. The van der Waals surface area contributed by atoms with Crippen molar-refractivity contribution in [3.8, 4) is 0 Å². The summed E-state index contributed by atoms with van der Waals surface area (Å²) in [5.74, 6) is -0.0932. The zero-order valence-corrected chi connectivity index (χ0v) is 14.5. The molecule has 0 fully saturated rings. The Hall–Kier alpha value is -2.93. The van der Waals surface area contributed by atoms with Crippen molar-refractivity contribution in [2.75, 3.05) is 17.2 Å². The highest BCUT2D eigenvalue weighted by Gasteiger charge is 2.25. The number of aliphatic hydroxyl groups is 1. The molecular weight excluding hydrogens is 334 g/mol. The van der Waals surface area contributed by atoms with Gasteiger partial charge in [-0.15, -0.1) is 0 Å². The van der Waals surface area contributed by atoms with Gasteiger partial charge in [0.25, 0.3) is 5.69 Å². The molecule has 3 N–H and O–H groups in total. The summed E-state index contributed by atoms with van der Waals surface area (Å²) in [6.07, 6.45) is 1.19. The first-order valence-electron chi connectivity index (χ1n) is 8.50. The summed E-state index contributed by atoms with van der Waals surface area (Å²) in [7, 11) is 0. The predicted molar refractivity (Wildman–Crippen MR) is 99.2 cm³/mol. The molecule has 136 valence electrons. The van der Waals surface area contributed by atoms with Gasteiger partial charge in [-0.2, -0.15) is 0 Å². The molecule has 7 nitrogen and oxygen atoms in total. The van der Waals surface area contributed by atoms with Gasteiger partial charge in [-0.25, -0.2) is 0 Å². The number of carbonyl (C=O) groups excluding carboxylic acids is 1. The van der Waals surface area contributed by atoms with Crippen molar-refractivity contribution in [1.82, 2.24) is 0 Å². The molecule has 0 radical (unpaired) electrons. The van der Waals surface area contributed by atoms with Crippen LogP contribution in [0.25, 0.3) is 0 Å². The van der Waals surface area contributed by atoms with E-state index in [-0.39, 0.29) is 11.6 Å². The van der Waals surface area contributed by atoms with Gasteiger partial charge in [-0.3, -0.25) is 14.9 Å². The fourth-order valence-corrected chi connectivity index (χ4v) is 3.09. The van der Waals surface area contributed by atoms with Crippen LogP contribution in [0.3, 0.4) is 0 Å². The van der Waals surface area contributed by atoms with Crippen molar-refractivity contribution in [3.05, 3.63) is 63.7 Å². The van der Waals surface area contributed by atoms with Crippen LogP contribution < -0.4 is 10.6 Å². The van der Waals surface area contributed by atoms with Crippen LogP contribution in [-0.2, 0) is 16.8 Å². The molecule has 0 aromatic heterocycles. The van der Waals surface area contributed by atoms with Gasteiger partial charge in [0.1, 0.15) is 5.69 Å². The Kier molecular flexibility index (Phi) is 4.90. The Morgan fingerprint density at radius 3 is 2.69 bits per heavy atom. The minimum absolute atomic E-state index is 0.0285. The molecule has 0 saturated carbocycles. The number of nitrogens with one attached hydrogen (secondary N) is 2. The number of hydrogen-bond donors (Lipinski definition) is 3. The molecule has 0 saturated heterocycles. The SMILES string of the molecule is CC(O)(CCNc1cc2c(cc1[N+](=O)[O-])CCC(=O)N2)c1ccccc1. The molecule has 0 bridgehead atoms. The molecular formula is C19H21N3O4. The van der Waals surface area contributed by atoms with Crippen molar-refractivity contribution in [1.29, 1.82) is 0 Å². The number of benzene rings is 2. The number of rotatable bonds is 6. The van der Waals surface area contributed by atoms with Gasteiger partial charge in [0.2, 0.25) is 5.91 Å². The van der Waals surface area contributed by atoms with Crippen molar-refractivity contribution in [2.24, 2.45) is 0 Å². The summed E-state index contributed by atoms with van der Waals surface area (Å²) in [6.45, 7) is 2.06. The van der Waals surface area contributed by atoms with Crippen molar-refractivity contribution in [2.45, 2.75) is 31.8 Å². The molecule has 1 amide bonds. The van der Waals surface area contributed by atoms with Crippen LogP contribution >= 0.6 is 0 Å². The van der Waals surface area contributed by atoms with E-state index in [0.29, 0.717) is 37.2 Å². The first-order chi connectivity index (χ1) is 12.4. The lowest BCUT2D eigenvalue weighted by Crippen LogP contribution is -2.25. The first kappa shape index (κ1) is 17.9. The average molecular weight is 355 g/mol. The molecule has 1 aliphatic rings. The lowest BCUT2D eigenvalue weighted by atomic mass is 9.92. The predicted octanol–water partition coefficient (Wildman–Crippen LogP) is 3.19. The zero-order chi connectivity index (χ0) is 18.7. The van der Waals surface area contributed by atoms with Crippen LogP contribution in [0.2, 0.25) is 0 Å². The molecule has 26 heavy (non-hydrogen) atoms. The summed E-state index contributed by atoms with van der Waals surface area (Å²) in [5, 5.41) is 27.8. The summed E-state index contributed by atoms with van der Waals surface area (Å²) in [4.78, 5) is 22.5. The molecule has 0 spiro atoms. The number of nitrogens with zero attached hydrogens (tertiary/aromatic N) is 1. The van der Waals surface area contributed by atoms with Gasteiger partial charge in [0.15, 0.2) is 0 Å². The van der Waals surface area contributed by atoms with Crippen LogP contribution in [0.15, 0.2) is 42.5 Å². The lowest BCUT2D eigenvalue weighted by Gasteiger charge is -2.24. The molecule has 3 rings (SSSR count). The molecule has 7 heteroatoms. The van der Waals surface area contributed by atoms with E-state index in [9.17, 15) is 20.0 Å². The second-order valence-electron chi connectivity index (χ2n) is 6.65. The van der Waals surface area contributed by atoms with E-state index in [1.165, 1.54) is 6.07 Å². The highest BCUT2D eigenvalue weighted by Crippen LogP contribution is 2.34. The third kappa shape index (κ3) is 3.83. The third-order valence-electron chi connectivity index (χ3n) is 4.64. The van der Waals surface area contributed by atoms with Gasteiger partial charge in [-0.1, -0.05) is 30.3 Å². The van der Waals surface area contributed by atoms with Gasteiger partial charge >= 0.3 is 0 Å². The van der Waals surface area contributed by atoms with E-state index in [1.807, 2.05) is 30.3 Å². The zero-order valence-electron chi connectivity index (χ0n) is 14.5. The summed E-state index contributed by atoms with van der Waals surface area (Å²) in [6, 6.07) is 12.4. The van der Waals surface area contributed by atoms with E-state index < -0.39 is 10.5 Å². The minimum Gasteiger partial charge on any atom is -0.385 e. The average Bonchev–Trinajstić information content (AvgIpc) is 2.61. The van der Waals surface area contributed by atoms with Crippen molar-refractivity contribution in [3.63, 3.8) is 0 Å². The fraction of sp³-hybridized carbons (Fsp3) is 0.316. The Morgan fingerprint density at radius 2 is 2.00 bits per heavy atom. The number of amides is 1. The van der Waals surface area contributed by atoms with Gasteiger partial charge in [-0.05, 0) is 37.0 Å². The lowest BCUT2D eigenvalue weighted by molar-refractivity contribution is -0.384. The Bertz CT molecular complexity index is 834. The van der Waals surface area contributed by atoms with Crippen LogP contribution in [-0.4, -0.2) is 22.5 Å². The number of fused-ring (bicyclic) bond motifs is 1. The molecule has 1 aliphatic heterocycles. The summed E-state index contributed by atoms with van der Waals surface area (Å²) in [5.41, 5.74) is 1.40. The second kappa shape index (κ2) is 7.13. The molecule has 1 atom stereocenters. The van der Waals surface area contributed by atoms with Gasteiger partial charge in [0.05, 0.1) is 10.5 Å². The van der Waals surface area contributed by atoms with Gasteiger partial charge in [0, 0.05) is 24.7 Å². The van der Waals surface area contributed by atoms with Crippen LogP contribution in [0.4, 0.5) is 17.1 Å². The van der Waals surface area contributed by atoms with Crippen molar-refractivity contribution >= 4 is 23.0 Å². The molecule has 1 heterocycles. The van der Waals surface area contributed by atoms with E-state index in [4.69, 9.17) is 0 Å². The van der Waals surface area contributed by atoms with Gasteiger partial charge < -0.3 is 15.7 Å². The number of anilines is 2. The molecule has 0 aliphatic carbocycles.